The van der Waals surface area contributed by atoms with E-state index in [1.807, 2.05) is 0 Å². The highest BCUT2D eigenvalue weighted by molar-refractivity contribution is 4.78. The third kappa shape index (κ3) is 5.84. The second kappa shape index (κ2) is 8.06. The first kappa shape index (κ1) is 14.9. The summed E-state index contributed by atoms with van der Waals surface area (Å²) >= 11 is 0. The molecule has 102 valence electrons. The molecular weight excluding hydrogens is 212 g/mol. The van der Waals surface area contributed by atoms with E-state index in [0.29, 0.717) is 12.1 Å². The summed E-state index contributed by atoms with van der Waals surface area (Å²) < 4.78 is 5.69. The van der Waals surface area contributed by atoms with Crippen LogP contribution in [0.3, 0.4) is 0 Å². The van der Waals surface area contributed by atoms with E-state index in [2.05, 4.69) is 38.0 Å². The number of nitrogens with one attached hydrogen (secondary N) is 1. The summed E-state index contributed by atoms with van der Waals surface area (Å²) in [4.78, 5) is 2.41. The minimum Gasteiger partial charge on any atom is -0.380 e. The van der Waals surface area contributed by atoms with Crippen LogP contribution in [0.4, 0.5) is 0 Å². The molecule has 0 saturated heterocycles. The first-order valence-corrected chi connectivity index (χ1v) is 7.20. The van der Waals surface area contributed by atoms with Gasteiger partial charge in [-0.15, -0.1) is 0 Å². The summed E-state index contributed by atoms with van der Waals surface area (Å²) in [5, 5.41) is 3.55. The summed E-state index contributed by atoms with van der Waals surface area (Å²) in [6, 6.07) is 1.16. The van der Waals surface area contributed by atoms with Gasteiger partial charge in [-0.25, -0.2) is 0 Å². The Kier molecular flexibility index (Phi) is 7.09. The molecule has 0 aliphatic heterocycles. The number of nitrogens with zero attached hydrogens (tertiary/aromatic N) is 1. The summed E-state index contributed by atoms with van der Waals surface area (Å²) in [5.41, 5.74) is 0. The van der Waals surface area contributed by atoms with Crippen molar-refractivity contribution in [3.8, 4) is 0 Å². The molecule has 17 heavy (non-hydrogen) atoms. The Morgan fingerprint density at radius 1 is 1.35 bits per heavy atom. The third-order valence-electron chi connectivity index (χ3n) is 3.82. The Hall–Kier alpha value is -0.120. The fourth-order valence-corrected chi connectivity index (χ4v) is 2.17. The maximum atomic E-state index is 5.69. The van der Waals surface area contributed by atoms with Gasteiger partial charge >= 0.3 is 0 Å². The van der Waals surface area contributed by atoms with Crippen molar-refractivity contribution in [1.29, 1.82) is 0 Å². The van der Waals surface area contributed by atoms with Crippen LogP contribution in [0.1, 0.15) is 40.0 Å². The van der Waals surface area contributed by atoms with E-state index in [9.17, 15) is 0 Å². The molecule has 0 heterocycles. The Morgan fingerprint density at radius 3 is 2.59 bits per heavy atom. The van der Waals surface area contributed by atoms with Crippen molar-refractivity contribution >= 4 is 0 Å². The number of rotatable bonds is 10. The third-order valence-corrected chi connectivity index (χ3v) is 3.82. The molecule has 1 rings (SSSR count). The van der Waals surface area contributed by atoms with Crippen molar-refractivity contribution in [3.63, 3.8) is 0 Å². The maximum Gasteiger partial charge on any atom is 0.0593 e. The number of hydrogen-bond donors (Lipinski definition) is 1. The fraction of sp³-hybridized carbons (Fsp3) is 1.00. The van der Waals surface area contributed by atoms with Gasteiger partial charge in [0.15, 0.2) is 0 Å². The van der Waals surface area contributed by atoms with Gasteiger partial charge in [-0.3, -0.25) is 4.90 Å². The molecule has 1 saturated carbocycles. The molecule has 1 aliphatic rings. The Balaban J connectivity index is 2.11. The first-order chi connectivity index (χ1) is 8.19. The number of likely N-dealkylation sites (N-methyl/N-ethyl adjacent to an activating group) is 2. The molecule has 1 N–H and O–H groups in total. The van der Waals surface area contributed by atoms with E-state index in [4.69, 9.17) is 4.74 Å². The van der Waals surface area contributed by atoms with Crippen molar-refractivity contribution < 1.29 is 4.74 Å². The van der Waals surface area contributed by atoms with E-state index in [-0.39, 0.29) is 0 Å². The first-order valence-electron chi connectivity index (χ1n) is 7.20. The van der Waals surface area contributed by atoms with Crippen LogP contribution < -0.4 is 5.32 Å². The molecule has 0 aromatic carbocycles. The minimum absolute atomic E-state index is 0.574. The highest BCUT2D eigenvalue weighted by atomic mass is 16.5. The van der Waals surface area contributed by atoms with E-state index in [1.165, 1.54) is 19.3 Å². The average Bonchev–Trinajstić information content (AvgIpc) is 3.14. The van der Waals surface area contributed by atoms with Gasteiger partial charge in [-0.1, -0.05) is 13.8 Å². The highest BCUT2D eigenvalue weighted by Gasteiger charge is 2.22. The lowest BCUT2D eigenvalue weighted by Gasteiger charge is -2.31. The van der Waals surface area contributed by atoms with Crippen molar-refractivity contribution in [2.45, 2.75) is 52.1 Å². The molecule has 3 heteroatoms. The van der Waals surface area contributed by atoms with Gasteiger partial charge in [-0.2, -0.15) is 0 Å². The molecule has 0 spiro atoms. The standard InChI is InChI=1S/C14H30N2O/c1-5-14(15-6-2)12(3)16(4)9-10-17-11-13-7-8-13/h12-15H,5-11H2,1-4H3. The molecule has 1 aliphatic carbocycles. The molecule has 2 unspecified atom stereocenters. The predicted octanol–water partition coefficient (Wildman–Crippen LogP) is 2.12. The zero-order valence-electron chi connectivity index (χ0n) is 12.0. The Labute approximate surface area is 107 Å². The van der Waals surface area contributed by atoms with Crippen LogP contribution in [0.25, 0.3) is 0 Å². The minimum atomic E-state index is 0.574. The second-order valence-corrected chi connectivity index (χ2v) is 5.31. The van der Waals surface area contributed by atoms with Gasteiger partial charge in [0, 0.05) is 25.2 Å². The second-order valence-electron chi connectivity index (χ2n) is 5.31. The van der Waals surface area contributed by atoms with Gasteiger partial charge in [0.05, 0.1) is 6.61 Å². The van der Waals surface area contributed by atoms with E-state index in [0.717, 1.165) is 32.2 Å². The molecule has 3 nitrogen and oxygen atoms in total. The number of ether oxygens (including phenoxy) is 1. The molecule has 0 aromatic heterocycles. The van der Waals surface area contributed by atoms with Gasteiger partial charge in [0.2, 0.25) is 0 Å². The highest BCUT2D eigenvalue weighted by Crippen LogP contribution is 2.28. The lowest BCUT2D eigenvalue weighted by molar-refractivity contribution is 0.0868. The van der Waals surface area contributed by atoms with Crippen LogP contribution in [0.5, 0.6) is 0 Å². The Bertz CT molecular complexity index is 195. The molecule has 2 atom stereocenters. The van der Waals surface area contributed by atoms with Crippen LogP contribution in [-0.4, -0.2) is 50.3 Å². The van der Waals surface area contributed by atoms with Crippen molar-refractivity contribution in [2.75, 3.05) is 33.4 Å². The molecule has 0 radical (unpaired) electrons. The van der Waals surface area contributed by atoms with Gasteiger partial charge in [0.25, 0.3) is 0 Å². The Morgan fingerprint density at radius 2 is 2.06 bits per heavy atom. The summed E-state index contributed by atoms with van der Waals surface area (Å²) in [7, 11) is 2.20. The van der Waals surface area contributed by atoms with Crippen molar-refractivity contribution in [2.24, 2.45) is 5.92 Å². The predicted molar refractivity (Wildman–Crippen MR) is 73.4 cm³/mol. The number of hydrogen-bond acceptors (Lipinski definition) is 3. The normalized spacial score (nSPS) is 19.6. The topological polar surface area (TPSA) is 24.5 Å². The lowest BCUT2D eigenvalue weighted by atomic mass is 10.1. The quantitative estimate of drug-likeness (QED) is 0.594. The van der Waals surface area contributed by atoms with Crippen molar-refractivity contribution in [3.05, 3.63) is 0 Å². The molecule has 0 bridgehead atoms. The van der Waals surface area contributed by atoms with Crippen LogP contribution in [0, 0.1) is 5.92 Å². The molecule has 0 amide bonds. The van der Waals surface area contributed by atoms with Crippen LogP contribution >= 0.6 is 0 Å². The van der Waals surface area contributed by atoms with Gasteiger partial charge in [0.1, 0.15) is 0 Å². The zero-order chi connectivity index (χ0) is 12.7. The molecular formula is C14H30N2O. The van der Waals surface area contributed by atoms with Gasteiger partial charge in [-0.05, 0) is 45.7 Å². The van der Waals surface area contributed by atoms with E-state index < -0.39 is 0 Å². The van der Waals surface area contributed by atoms with E-state index >= 15 is 0 Å². The van der Waals surface area contributed by atoms with Crippen molar-refractivity contribution in [1.82, 2.24) is 10.2 Å². The van der Waals surface area contributed by atoms with Crippen LogP contribution in [-0.2, 0) is 4.74 Å². The zero-order valence-corrected chi connectivity index (χ0v) is 12.0. The average molecular weight is 242 g/mol. The monoisotopic (exact) mass is 242 g/mol. The van der Waals surface area contributed by atoms with Crippen LogP contribution in [0.2, 0.25) is 0 Å². The summed E-state index contributed by atoms with van der Waals surface area (Å²) in [6.45, 7) is 10.7. The maximum absolute atomic E-state index is 5.69. The smallest absolute Gasteiger partial charge is 0.0593 e. The summed E-state index contributed by atoms with van der Waals surface area (Å²) in [6.07, 6.45) is 3.94. The summed E-state index contributed by atoms with van der Waals surface area (Å²) in [5.74, 6) is 0.878. The largest absolute Gasteiger partial charge is 0.380 e. The SMILES string of the molecule is CCNC(CC)C(C)N(C)CCOCC1CC1. The van der Waals surface area contributed by atoms with Gasteiger partial charge < -0.3 is 10.1 Å². The lowest BCUT2D eigenvalue weighted by Crippen LogP contribution is -2.47. The fourth-order valence-electron chi connectivity index (χ4n) is 2.17. The molecule has 0 aromatic rings. The molecule has 1 fully saturated rings. The van der Waals surface area contributed by atoms with Crippen LogP contribution in [0.15, 0.2) is 0 Å². The van der Waals surface area contributed by atoms with E-state index in [1.54, 1.807) is 0 Å².